The smallest absolute Gasteiger partial charge is 0.218 e. The molecule has 1 aromatic rings. The molecule has 0 unspecified atom stereocenters. The molecular formula is C8H11O+. The van der Waals surface area contributed by atoms with Crippen molar-refractivity contribution < 1.29 is 4.42 Å². The van der Waals surface area contributed by atoms with Gasteiger partial charge in [-0.05, 0) is 12.5 Å². The predicted octanol–water partition coefficient (Wildman–Crippen LogP) is 2.49. The van der Waals surface area contributed by atoms with E-state index in [1.165, 1.54) is 5.56 Å². The van der Waals surface area contributed by atoms with Crippen LogP contribution in [0.5, 0.6) is 0 Å². The molecule has 9 heavy (non-hydrogen) atoms. The highest BCUT2D eigenvalue weighted by molar-refractivity contribution is 5.14. The molecule has 0 spiro atoms. The lowest BCUT2D eigenvalue weighted by Gasteiger charge is -1.84. The Hall–Kier alpha value is -0.850. The Morgan fingerprint density at radius 2 is 1.44 bits per heavy atom. The van der Waals surface area contributed by atoms with E-state index in [9.17, 15) is 0 Å². The molecule has 0 fully saturated rings. The summed E-state index contributed by atoms with van der Waals surface area (Å²) in [6, 6.07) is 4.04. The van der Waals surface area contributed by atoms with Gasteiger partial charge in [-0.1, -0.05) is 0 Å². The summed E-state index contributed by atoms with van der Waals surface area (Å²) in [7, 11) is 0. The largest absolute Gasteiger partial charge is 0.326 e. The maximum absolute atomic E-state index is 5.26. The minimum Gasteiger partial charge on any atom is -0.218 e. The summed E-state index contributed by atoms with van der Waals surface area (Å²) in [4.78, 5) is 0. The average molecular weight is 126 g/mol. The lowest BCUT2D eigenvalue weighted by Crippen LogP contribution is -1.78. The van der Waals surface area contributed by atoms with E-state index in [0.717, 1.165) is 11.5 Å². The summed E-state index contributed by atoms with van der Waals surface area (Å²) < 4.78 is 5.26. The normalized spacial score (nSPS) is 9.67. The molecule has 1 heteroatoms. The quantitative estimate of drug-likeness (QED) is 0.384. The van der Waals surface area contributed by atoms with Gasteiger partial charge in [-0.2, -0.15) is 0 Å². The van der Waals surface area contributed by atoms with Crippen LogP contribution < -0.4 is 0 Å². The van der Waals surface area contributed by atoms with Crippen molar-refractivity contribution in [2.24, 2.45) is 0 Å². The van der Waals surface area contributed by atoms with Crippen molar-refractivity contribution in [1.29, 1.82) is 0 Å². The van der Waals surface area contributed by atoms with Gasteiger partial charge in [-0.25, -0.2) is 4.42 Å². The van der Waals surface area contributed by atoms with E-state index in [1.807, 2.05) is 26.0 Å². The maximum atomic E-state index is 5.26. The first kappa shape index (κ1) is 6.27. The van der Waals surface area contributed by atoms with Gasteiger partial charge in [-0.15, -0.1) is 0 Å². The Labute approximate surface area is 55.3 Å². The van der Waals surface area contributed by atoms with Crippen molar-refractivity contribution in [3.63, 3.8) is 0 Å². The first-order valence-corrected chi connectivity index (χ1v) is 3.06. The van der Waals surface area contributed by atoms with Crippen LogP contribution in [0.3, 0.4) is 0 Å². The third-order valence-corrected chi connectivity index (χ3v) is 1.18. The lowest BCUT2D eigenvalue weighted by molar-refractivity contribution is 0.484. The molecule has 0 aliphatic carbocycles. The Morgan fingerprint density at radius 1 is 1.00 bits per heavy atom. The molecule has 0 saturated heterocycles. The number of hydrogen-bond acceptors (Lipinski definition) is 0. The minimum absolute atomic E-state index is 0.979. The van der Waals surface area contributed by atoms with Crippen LogP contribution in [-0.2, 0) is 0 Å². The van der Waals surface area contributed by atoms with E-state index in [4.69, 9.17) is 4.42 Å². The van der Waals surface area contributed by atoms with Crippen LogP contribution in [0.2, 0.25) is 0 Å². The SMILES string of the molecule is Cc1[13cH]c([13CH3])[13cH]c(C)[o+]1. The molecule has 0 aliphatic rings. The molecule has 0 saturated carbocycles. The molecule has 1 heterocycles. The molecule has 0 atom stereocenters. The first-order valence-electron chi connectivity index (χ1n) is 3.06. The predicted molar refractivity (Wildman–Crippen MR) is 37.3 cm³/mol. The highest BCUT2D eigenvalue weighted by Crippen LogP contribution is 2.06. The van der Waals surface area contributed by atoms with Gasteiger partial charge in [0.15, 0.2) is 0 Å². The minimum atomic E-state index is 0.979. The Bertz CT molecular complexity index is 165. The van der Waals surface area contributed by atoms with E-state index in [1.54, 1.807) is 0 Å². The van der Waals surface area contributed by atoms with Crippen molar-refractivity contribution in [2.75, 3.05) is 0 Å². The molecule has 1 rings (SSSR count). The molecule has 1 nitrogen and oxygen atoms in total. The second kappa shape index (κ2) is 2.18. The summed E-state index contributed by atoms with van der Waals surface area (Å²) in [5.41, 5.74) is 1.26. The first-order chi connectivity index (χ1) is 4.18. The van der Waals surface area contributed by atoms with Crippen LogP contribution in [0.15, 0.2) is 16.5 Å². The van der Waals surface area contributed by atoms with Crippen molar-refractivity contribution in [3.8, 4) is 0 Å². The van der Waals surface area contributed by atoms with Crippen LogP contribution in [0.4, 0.5) is 0 Å². The van der Waals surface area contributed by atoms with E-state index in [0.29, 0.717) is 0 Å². The standard InChI is InChI=1S/C8H11O/c1-6-4-7(2)9-8(3)5-6/h4-5H,1-3H3/q+1/i1+1,4+1,5+1. The highest BCUT2D eigenvalue weighted by Gasteiger charge is 2.03. The average Bonchev–Trinajstić information content (AvgIpc) is 1.59. The van der Waals surface area contributed by atoms with Gasteiger partial charge in [0.25, 0.3) is 0 Å². The van der Waals surface area contributed by atoms with Crippen molar-refractivity contribution >= 4 is 0 Å². The maximum Gasteiger partial charge on any atom is 0.326 e. The van der Waals surface area contributed by atoms with Gasteiger partial charge in [0.2, 0.25) is 0 Å². The van der Waals surface area contributed by atoms with Crippen LogP contribution in [-0.4, -0.2) is 0 Å². The van der Waals surface area contributed by atoms with E-state index < -0.39 is 0 Å². The number of rotatable bonds is 0. The summed E-state index contributed by atoms with van der Waals surface area (Å²) in [5, 5.41) is 0. The summed E-state index contributed by atoms with van der Waals surface area (Å²) >= 11 is 0. The fraction of sp³-hybridized carbons (Fsp3) is 0.375. The van der Waals surface area contributed by atoms with Crippen LogP contribution in [0, 0.1) is 20.8 Å². The van der Waals surface area contributed by atoms with Crippen molar-refractivity contribution in [1.82, 2.24) is 0 Å². The van der Waals surface area contributed by atoms with Gasteiger partial charge in [-0.3, -0.25) is 0 Å². The van der Waals surface area contributed by atoms with Gasteiger partial charge in [0.1, 0.15) is 0 Å². The molecule has 1 aromatic heterocycles. The molecule has 0 N–H and O–H groups in total. The zero-order chi connectivity index (χ0) is 6.85. The zero-order valence-electron chi connectivity index (χ0n) is 6.06. The Morgan fingerprint density at radius 3 is 1.78 bits per heavy atom. The molecule has 0 amide bonds. The monoisotopic (exact) mass is 126 g/mol. The highest BCUT2D eigenvalue weighted by atomic mass is 16.3. The van der Waals surface area contributed by atoms with Crippen molar-refractivity contribution in [3.05, 3.63) is 29.2 Å². The summed E-state index contributed by atoms with van der Waals surface area (Å²) in [6.45, 7) is 5.98. The van der Waals surface area contributed by atoms with Crippen LogP contribution in [0.1, 0.15) is 17.1 Å². The second-order valence-corrected chi connectivity index (χ2v) is 2.36. The van der Waals surface area contributed by atoms with Crippen molar-refractivity contribution in [2.45, 2.75) is 20.8 Å². The van der Waals surface area contributed by atoms with Crippen LogP contribution in [0.25, 0.3) is 0 Å². The molecular weight excluding hydrogens is 115 g/mol. The Kier molecular flexibility index (Phi) is 1.52. The van der Waals surface area contributed by atoms with Gasteiger partial charge in [0, 0.05) is 12.1 Å². The number of hydrogen-bond donors (Lipinski definition) is 0. The molecule has 48 valence electrons. The third-order valence-electron chi connectivity index (χ3n) is 1.18. The zero-order valence-corrected chi connectivity index (χ0v) is 6.06. The lowest BCUT2D eigenvalue weighted by atomic mass is 10.5. The fourth-order valence-corrected chi connectivity index (χ4v) is 0.996. The summed E-state index contributed by atoms with van der Waals surface area (Å²) in [5.74, 6) is 1.96. The Balaban J connectivity index is 3.17. The second-order valence-electron chi connectivity index (χ2n) is 2.36. The van der Waals surface area contributed by atoms with Gasteiger partial charge < -0.3 is 0 Å². The third kappa shape index (κ3) is 1.53. The fourth-order valence-electron chi connectivity index (χ4n) is 0.996. The van der Waals surface area contributed by atoms with Gasteiger partial charge >= 0.3 is 11.5 Å². The molecule has 0 radical (unpaired) electrons. The van der Waals surface area contributed by atoms with E-state index in [-0.39, 0.29) is 0 Å². The molecule has 0 bridgehead atoms. The van der Waals surface area contributed by atoms with E-state index >= 15 is 0 Å². The summed E-state index contributed by atoms with van der Waals surface area (Å²) in [6.07, 6.45) is 0. The number of aryl methyl sites for hydroxylation is 3. The molecule has 0 aliphatic heterocycles. The topological polar surface area (TPSA) is 11.3 Å². The van der Waals surface area contributed by atoms with Crippen LogP contribution >= 0.6 is 0 Å². The molecule has 0 aromatic carbocycles. The van der Waals surface area contributed by atoms with E-state index in [2.05, 4.69) is 6.92 Å². The van der Waals surface area contributed by atoms with Gasteiger partial charge in [0.05, 0.1) is 13.8 Å².